The minimum atomic E-state index is 0.115. The summed E-state index contributed by atoms with van der Waals surface area (Å²) < 4.78 is 2.18. The number of nitrogens with zero attached hydrogens (tertiary/aromatic N) is 5. The number of hydrogen-bond acceptors (Lipinski definition) is 8. The Morgan fingerprint density at radius 2 is 1.85 bits per heavy atom. The largest absolute Gasteiger partial charge is 0.507 e. The third kappa shape index (κ3) is 4.65. The zero-order chi connectivity index (χ0) is 23.3. The number of fused-ring (bicyclic) bond motifs is 1. The summed E-state index contributed by atoms with van der Waals surface area (Å²) in [4.78, 5) is 18.6. The van der Waals surface area contributed by atoms with Gasteiger partial charge < -0.3 is 25.4 Å². The van der Waals surface area contributed by atoms with Gasteiger partial charge in [0.1, 0.15) is 5.75 Å². The van der Waals surface area contributed by atoms with E-state index in [1.165, 1.54) is 12.8 Å². The number of aromatic hydroxyl groups is 1. The summed E-state index contributed by atoms with van der Waals surface area (Å²) in [6.45, 7) is 1.23. The lowest BCUT2D eigenvalue weighted by Gasteiger charge is -2.14. The molecule has 34 heavy (non-hydrogen) atoms. The molecule has 5 rings (SSSR count). The van der Waals surface area contributed by atoms with Gasteiger partial charge in [-0.3, -0.25) is 4.98 Å². The van der Waals surface area contributed by atoms with Gasteiger partial charge in [0.2, 0.25) is 5.95 Å². The van der Waals surface area contributed by atoms with Crippen LogP contribution in [0, 0.1) is 0 Å². The summed E-state index contributed by atoms with van der Waals surface area (Å²) in [5, 5.41) is 25.8. The number of hydrogen-bond donors (Lipinski definition) is 4. The molecule has 0 atom stereocenters. The lowest BCUT2D eigenvalue weighted by atomic mass is 10.1. The van der Waals surface area contributed by atoms with Gasteiger partial charge >= 0.3 is 0 Å². The molecule has 3 aromatic heterocycles. The van der Waals surface area contributed by atoms with Crippen molar-refractivity contribution in [3.8, 4) is 17.0 Å². The van der Waals surface area contributed by atoms with E-state index >= 15 is 0 Å². The summed E-state index contributed by atoms with van der Waals surface area (Å²) in [6.07, 6.45) is 9.03. The number of benzene rings is 1. The maximum Gasteiger partial charge on any atom is 0.226 e. The number of imidazole rings is 1. The van der Waals surface area contributed by atoms with Crippen LogP contribution in [0.4, 0.5) is 11.8 Å². The number of aliphatic hydroxyl groups excluding tert-OH is 1. The molecule has 1 aliphatic carbocycles. The predicted molar refractivity (Wildman–Crippen MR) is 132 cm³/mol. The Labute approximate surface area is 197 Å². The van der Waals surface area contributed by atoms with E-state index in [0.717, 1.165) is 35.3 Å². The molecule has 9 heteroatoms. The minimum Gasteiger partial charge on any atom is -0.507 e. The van der Waals surface area contributed by atoms with Gasteiger partial charge in [-0.1, -0.05) is 31.0 Å². The van der Waals surface area contributed by atoms with Crippen molar-refractivity contribution < 1.29 is 10.2 Å². The molecule has 1 aliphatic rings. The van der Waals surface area contributed by atoms with Crippen LogP contribution in [0.25, 0.3) is 22.4 Å². The molecule has 3 heterocycles. The Morgan fingerprint density at radius 3 is 2.62 bits per heavy atom. The average Bonchev–Trinajstić information content (AvgIpc) is 3.53. The second kappa shape index (κ2) is 10.0. The van der Waals surface area contributed by atoms with E-state index < -0.39 is 0 Å². The van der Waals surface area contributed by atoms with E-state index in [0.29, 0.717) is 42.9 Å². The predicted octanol–water partition coefficient (Wildman–Crippen LogP) is 4.12. The topological polar surface area (TPSA) is 121 Å². The molecule has 0 spiro atoms. The highest BCUT2D eigenvalue weighted by Gasteiger charge is 2.21. The molecule has 0 unspecified atom stereocenters. The first-order chi connectivity index (χ1) is 16.7. The number of pyridine rings is 1. The molecule has 9 nitrogen and oxygen atoms in total. The second-order valence-corrected chi connectivity index (χ2v) is 8.58. The first kappa shape index (κ1) is 22.1. The number of nitrogens with one attached hydrogen (secondary N) is 2. The Balaban J connectivity index is 1.38. The number of aliphatic hydroxyl groups is 1. The Kier molecular flexibility index (Phi) is 6.53. The van der Waals surface area contributed by atoms with Crippen LogP contribution in [0.15, 0.2) is 48.9 Å². The molecule has 0 saturated heterocycles. The zero-order valence-electron chi connectivity index (χ0n) is 19.0. The Morgan fingerprint density at radius 1 is 1.00 bits per heavy atom. The fourth-order valence-electron chi connectivity index (χ4n) is 4.41. The van der Waals surface area contributed by atoms with Crippen molar-refractivity contribution in [2.24, 2.45) is 0 Å². The quantitative estimate of drug-likeness (QED) is 0.276. The van der Waals surface area contributed by atoms with Crippen LogP contribution in [-0.2, 0) is 6.54 Å². The molecule has 1 fully saturated rings. The summed E-state index contributed by atoms with van der Waals surface area (Å²) in [7, 11) is 0. The highest BCUT2D eigenvalue weighted by molar-refractivity contribution is 5.84. The SMILES string of the molecule is OCCCNc1nc(NCc2ccc(-c3ccccc3O)nc2)c2ncn(C3CCCC3)c2n1. The van der Waals surface area contributed by atoms with E-state index in [1.54, 1.807) is 18.3 Å². The first-order valence-electron chi connectivity index (χ1n) is 11.8. The lowest BCUT2D eigenvalue weighted by molar-refractivity contribution is 0.292. The molecule has 0 radical (unpaired) electrons. The molecule has 4 aromatic rings. The normalized spacial score (nSPS) is 14.0. The highest BCUT2D eigenvalue weighted by Crippen LogP contribution is 2.33. The number of para-hydroxylation sites is 1. The van der Waals surface area contributed by atoms with Crippen LogP contribution < -0.4 is 10.6 Å². The van der Waals surface area contributed by atoms with Gasteiger partial charge in [-0.05, 0) is 43.0 Å². The van der Waals surface area contributed by atoms with Crippen molar-refractivity contribution in [1.29, 1.82) is 0 Å². The van der Waals surface area contributed by atoms with Crippen LogP contribution in [0.1, 0.15) is 43.7 Å². The molecular formula is C25H29N7O2. The number of rotatable bonds is 9. The van der Waals surface area contributed by atoms with Gasteiger partial charge in [0.05, 0.1) is 12.0 Å². The van der Waals surface area contributed by atoms with E-state index in [4.69, 9.17) is 10.1 Å². The first-order valence-corrected chi connectivity index (χ1v) is 11.8. The molecule has 0 aliphatic heterocycles. The van der Waals surface area contributed by atoms with Crippen molar-refractivity contribution in [3.63, 3.8) is 0 Å². The van der Waals surface area contributed by atoms with Crippen LogP contribution in [0.5, 0.6) is 5.75 Å². The molecule has 0 amide bonds. The van der Waals surface area contributed by atoms with Gasteiger partial charge in [0.25, 0.3) is 0 Å². The number of anilines is 2. The van der Waals surface area contributed by atoms with Crippen molar-refractivity contribution in [2.45, 2.75) is 44.7 Å². The lowest BCUT2D eigenvalue weighted by Crippen LogP contribution is -2.11. The van der Waals surface area contributed by atoms with Crippen molar-refractivity contribution in [2.75, 3.05) is 23.8 Å². The zero-order valence-corrected chi connectivity index (χ0v) is 19.0. The van der Waals surface area contributed by atoms with Crippen molar-refractivity contribution in [3.05, 3.63) is 54.5 Å². The second-order valence-electron chi connectivity index (χ2n) is 8.58. The maximum absolute atomic E-state index is 10.1. The highest BCUT2D eigenvalue weighted by atomic mass is 16.3. The smallest absolute Gasteiger partial charge is 0.226 e. The third-order valence-corrected chi connectivity index (χ3v) is 6.22. The summed E-state index contributed by atoms with van der Waals surface area (Å²) >= 11 is 0. The molecule has 1 aromatic carbocycles. The van der Waals surface area contributed by atoms with Crippen LogP contribution in [-0.4, -0.2) is 47.9 Å². The minimum absolute atomic E-state index is 0.115. The maximum atomic E-state index is 10.1. The summed E-state index contributed by atoms with van der Waals surface area (Å²) in [5.41, 5.74) is 3.98. The molecular weight excluding hydrogens is 430 g/mol. The Hall–Kier alpha value is -3.72. The fourth-order valence-corrected chi connectivity index (χ4v) is 4.41. The van der Waals surface area contributed by atoms with Gasteiger partial charge in [-0.15, -0.1) is 0 Å². The van der Waals surface area contributed by atoms with E-state index in [2.05, 4.69) is 30.2 Å². The number of phenolic OH excluding ortho intramolecular Hbond substituents is 1. The number of aromatic nitrogens is 5. The van der Waals surface area contributed by atoms with Crippen molar-refractivity contribution >= 4 is 22.9 Å². The van der Waals surface area contributed by atoms with E-state index in [9.17, 15) is 5.11 Å². The van der Waals surface area contributed by atoms with Crippen LogP contribution in [0.3, 0.4) is 0 Å². The van der Waals surface area contributed by atoms with Gasteiger partial charge in [0.15, 0.2) is 17.0 Å². The van der Waals surface area contributed by atoms with E-state index in [1.807, 2.05) is 30.6 Å². The van der Waals surface area contributed by atoms with Crippen molar-refractivity contribution in [1.82, 2.24) is 24.5 Å². The van der Waals surface area contributed by atoms with Crippen LogP contribution in [0.2, 0.25) is 0 Å². The van der Waals surface area contributed by atoms with Gasteiger partial charge in [-0.2, -0.15) is 9.97 Å². The standard InChI is InChI=1S/C25H29N7O2/c33-13-5-12-26-25-30-23(22-24(31-25)32(16-29-22)18-6-1-2-7-18)28-15-17-10-11-20(27-14-17)19-8-3-4-9-21(19)34/h3-4,8-11,14,16,18,33-34H,1-2,5-7,12-13,15H2,(H2,26,28,30,31). The molecule has 1 saturated carbocycles. The molecule has 176 valence electrons. The third-order valence-electron chi connectivity index (χ3n) is 6.22. The fraction of sp³-hybridized carbons (Fsp3) is 0.360. The monoisotopic (exact) mass is 459 g/mol. The molecule has 4 N–H and O–H groups in total. The van der Waals surface area contributed by atoms with Crippen LogP contribution >= 0.6 is 0 Å². The van der Waals surface area contributed by atoms with E-state index in [-0.39, 0.29) is 12.4 Å². The summed E-state index contributed by atoms with van der Waals surface area (Å²) in [5.74, 6) is 1.40. The van der Waals surface area contributed by atoms with Gasteiger partial charge in [0, 0.05) is 37.5 Å². The van der Waals surface area contributed by atoms with Gasteiger partial charge in [-0.25, -0.2) is 4.98 Å². The average molecular weight is 460 g/mol. The number of phenols is 1. The molecule has 0 bridgehead atoms. The Bertz CT molecular complexity index is 1250. The summed E-state index contributed by atoms with van der Waals surface area (Å²) in [6, 6.07) is 11.5.